The van der Waals surface area contributed by atoms with Gasteiger partial charge in [-0.15, -0.1) is 0 Å². The van der Waals surface area contributed by atoms with Crippen LogP contribution in [0.1, 0.15) is 44.4 Å². The van der Waals surface area contributed by atoms with Crippen LogP contribution in [0.5, 0.6) is 0 Å². The van der Waals surface area contributed by atoms with E-state index < -0.39 is 5.60 Å². The first-order chi connectivity index (χ1) is 8.61. The van der Waals surface area contributed by atoms with Gasteiger partial charge in [0.05, 0.1) is 5.92 Å². The molecule has 0 heterocycles. The molecular weight excluding hydrogens is 260 g/mol. The van der Waals surface area contributed by atoms with Crippen molar-refractivity contribution in [3.8, 4) is 0 Å². The first kappa shape index (κ1) is 16.0. The van der Waals surface area contributed by atoms with Gasteiger partial charge in [0.1, 0.15) is 5.60 Å². The first-order valence-electron chi connectivity index (χ1n) is 6.59. The summed E-state index contributed by atoms with van der Waals surface area (Å²) in [5.41, 5.74) is 2.95. The van der Waals surface area contributed by atoms with Crippen LogP contribution in [-0.2, 0) is 16.0 Å². The molecule has 3 heteroatoms. The minimum Gasteiger partial charge on any atom is -0.460 e. The van der Waals surface area contributed by atoms with Crippen LogP contribution in [0, 0.1) is 19.8 Å². The van der Waals surface area contributed by atoms with Crippen molar-refractivity contribution in [2.45, 2.75) is 53.6 Å². The topological polar surface area (TPSA) is 26.3 Å². The molecule has 0 amide bonds. The van der Waals surface area contributed by atoms with Crippen molar-refractivity contribution in [2.75, 3.05) is 0 Å². The van der Waals surface area contributed by atoms with Gasteiger partial charge in [-0.25, -0.2) is 0 Å². The number of halogens is 1. The van der Waals surface area contributed by atoms with Crippen LogP contribution in [0.3, 0.4) is 0 Å². The zero-order chi connectivity index (χ0) is 14.8. The van der Waals surface area contributed by atoms with Crippen molar-refractivity contribution in [1.82, 2.24) is 0 Å². The van der Waals surface area contributed by atoms with Crippen molar-refractivity contribution in [3.05, 3.63) is 33.8 Å². The zero-order valence-electron chi connectivity index (χ0n) is 12.6. The minimum atomic E-state index is -0.434. The average molecular weight is 283 g/mol. The third kappa shape index (κ3) is 4.54. The van der Waals surface area contributed by atoms with Crippen molar-refractivity contribution >= 4 is 17.6 Å². The smallest absolute Gasteiger partial charge is 0.309 e. The number of esters is 1. The van der Waals surface area contributed by atoms with Gasteiger partial charge >= 0.3 is 5.97 Å². The molecule has 1 aromatic rings. The number of hydrogen-bond acceptors (Lipinski definition) is 2. The Kier molecular flexibility index (Phi) is 5.03. The molecule has 0 bridgehead atoms. The molecule has 0 saturated heterocycles. The molecule has 1 aromatic carbocycles. The summed E-state index contributed by atoms with van der Waals surface area (Å²) in [5, 5.41) is 0.770. The quantitative estimate of drug-likeness (QED) is 0.764. The molecule has 2 nitrogen and oxygen atoms in total. The number of carbonyl (C=O) groups excluding carboxylic acids is 1. The maximum Gasteiger partial charge on any atom is 0.309 e. The molecule has 0 aromatic heterocycles. The Bertz CT molecular complexity index is 472. The van der Waals surface area contributed by atoms with Gasteiger partial charge in [-0.1, -0.05) is 24.6 Å². The Balaban J connectivity index is 2.80. The molecule has 19 heavy (non-hydrogen) atoms. The Hall–Kier alpha value is -1.02. The van der Waals surface area contributed by atoms with Crippen molar-refractivity contribution < 1.29 is 9.53 Å². The van der Waals surface area contributed by atoms with Crippen LogP contribution in [0.25, 0.3) is 0 Å². The molecule has 0 saturated carbocycles. The van der Waals surface area contributed by atoms with Crippen LogP contribution in [0.2, 0.25) is 5.02 Å². The monoisotopic (exact) mass is 282 g/mol. The summed E-state index contributed by atoms with van der Waals surface area (Å²) >= 11 is 6.08. The van der Waals surface area contributed by atoms with Crippen molar-refractivity contribution in [1.29, 1.82) is 0 Å². The molecule has 1 unspecified atom stereocenters. The van der Waals surface area contributed by atoms with Crippen LogP contribution >= 0.6 is 11.6 Å². The molecule has 0 aliphatic carbocycles. The number of benzene rings is 1. The number of hydrogen-bond donors (Lipinski definition) is 0. The number of rotatable bonds is 3. The van der Waals surface area contributed by atoms with E-state index in [-0.39, 0.29) is 11.9 Å². The summed E-state index contributed by atoms with van der Waals surface area (Å²) in [6.45, 7) is 11.6. The van der Waals surface area contributed by atoms with Crippen LogP contribution in [-0.4, -0.2) is 11.6 Å². The fraction of sp³-hybridized carbons (Fsp3) is 0.562. The normalized spacial score (nSPS) is 13.2. The molecule has 0 spiro atoms. The van der Waals surface area contributed by atoms with Gasteiger partial charge in [0, 0.05) is 5.02 Å². The molecule has 0 aliphatic heterocycles. The standard InChI is InChI=1S/C16H23ClO2/c1-10(15(18)19-16(4,5)6)9-13-7-8-14(17)12(3)11(13)2/h7-8,10H,9H2,1-6H3. The third-order valence-electron chi connectivity index (χ3n) is 3.17. The second-order valence-electron chi connectivity index (χ2n) is 6.10. The second-order valence-corrected chi connectivity index (χ2v) is 6.50. The van der Waals surface area contributed by atoms with Gasteiger partial charge in [-0.05, 0) is 63.8 Å². The maximum absolute atomic E-state index is 12.0. The van der Waals surface area contributed by atoms with Gasteiger partial charge in [0.25, 0.3) is 0 Å². The first-order valence-corrected chi connectivity index (χ1v) is 6.97. The van der Waals surface area contributed by atoms with E-state index in [1.54, 1.807) is 0 Å². The predicted molar refractivity (Wildman–Crippen MR) is 79.6 cm³/mol. The third-order valence-corrected chi connectivity index (χ3v) is 3.58. The molecular formula is C16H23ClO2. The molecule has 1 atom stereocenters. The van der Waals surface area contributed by atoms with E-state index in [2.05, 4.69) is 0 Å². The molecule has 0 N–H and O–H groups in total. The number of carbonyl (C=O) groups is 1. The minimum absolute atomic E-state index is 0.153. The Morgan fingerprint density at radius 2 is 1.84 bits per heavy atom. The second kappa shape index (κ2) is 5.96. The summed E-state index contributed by atoms with van der Waals surface area (Å²) in [4.78, 5) is 12.0. The molecule has 1 rings (SSSR count). The van der Waals surface area contributed by atoms with E-state index in [0.29, 0.717) is 6.42 Å². The highest BCUT2D eigenvalue weighted by Crippen LogP contribution is 2.24. The van der Waals surface area contributed by atoms with Crippen LogP contribution < -0.4 is 0 Å². The Morgan fingerprint density at radius 3 is 2.37 bits per heavy atom. The summed E-state index contributed by atoms with van der Waals surface area (Å²) in [5.74, 6) is -0.307. The highest BCUT2D eigenvalue weighted by molar-refractivity contribution is 6.31. The lowest BCUT2D eigenvalue weighted by Gasteiger charge is -2.22. The summed E-state index contributed by atoms with van der Waals surface area (Å²) < 4.78 is 5.40. The van der Waals surface area contributed by atoms with Crippen molar-refractivity contribution in [2.24, 2.45) is 5.92 Å². The van der Waals surface area contributed by atoms with Gasteiger partial charge < -0.3 is 4.74 Å². The number of ether oxygens (including phenoxy) is 1. The summed E-state index contributed by atoms with van der Waals surface area (Å²) in [6, 6.07) is 3.88. The lowest BCUT2D eigenvalue weighted by molar-refractivity contribution is -0.159. The Morgan fingerprint density at radius 1 is 1.26 bits per heavy atom. The molecule has 0 fully saturated rings. The average Bonchev–Trinajstić information content (AvgIpc) is 2.27. The summed E-state index contributed by atoms with van der Waals surface area (Å²) in [7, 11) is 0. The SMILES string of the molecule is Cc1c(Cl)ccc(CC(C)C(=O)OC(C)(C)C)c1C. The molecule has 0 radical (unpaired) electrons. The van der Waals surface area contributed by atoms with E-state index in [4.69, 9.17) is 16.3 Å². The van der Waals surface area contributed by atoms with E-state index >= 15 is 0 Å². The zero-order valence-corrected chi connectivity index (χ0v) is 13.4. The summed E-state index contributed by atoms with van der Waals surface area (Å²) in [6.07, 6.45) is 0.679. The largest absolute Gasteiger partial charge is 0.460 e. The van der Waals surface area contributed by atoms with Gasteiger partial charge in [0.2, 0.25) is 0 Å². The fourth-order valence-electron chi connectivity index (χ4n) is 1.88. The van der Waals surface area contributed by atoms with Crippen LogP contribution in [0.15, 0.2) is 12.1 Å². The molecule has 0 aliphatic rings. The van der Waals surface area contributed by atoms with Crippen LogP contribution in [0.4, 0.5) is 0 Å². The predicted octanol–water partition coefficient (Wildman–Crippen LogP) is 4.48. The molecule has 106 valence electrons. The van der Waals surface area contributed by atoms with Gasteiger partial charge in [-0.3, -0.25) is 4.79 Å². The lowest BCUT2D eigenvalue weighted by Crippen LogP contribution is -2.28. The van der Waals surface area contributed by atoms with E-state index in [0.717, 1.165) is 21.7 Å². The fourth-order valence-corrected chi connectivity index (χ4v) is 2.09. The lowest BCUT2D eigenvalue weighted by atomic mass is 9.95. The van der Waals surface area contributed by atoms with Crippen molar-refractivity contribution in [3.63, 3.8) is 0 Å². The van der Waals surface area contributed by atoms with Gasteiger partial charge in [0.15, 0.2) is 0 Å². The maximum atomic E-state index is 12.0. The highest BCUT2D eigenvalue weighted by Gasteiger charge is 2.22. The van der Waals surface area contributed by atoms with E-state index in [1.807, 2.05) is 53.7 Å². The Labute approximate surface area is 121 Å². The van der Waals surface area contributed by atoms with Gasteiger partial charge in [-0.2, -0.15) is 0 Å². The van der Waals surface area contributed by atoms with E-state index in [9.17, 15) is 4.79 Å². The highest BCUT2D eigenvalue weighted by atomic mass is 35.5. The van der Waals surface area contributed by atoms with E-state index in [1.165, 1.54) is 0 Å².